The molecule has 0 bridgehead atoms. The third kappa shape index (κ3) is 3.44. The van der Waals surface area contributed by atoms with Crippen LogP contribution in [0.3, 0.4) is 0 Å². The highest BCUT2D eigenvalue weighted by Gasteiger charge is 2.21. The maximum atomic E-state index is 12.2. The summed E-state index contributed by atoms with van der Waals surface area (Å²) in [6, 6.07) is 1.68. The largest absolute Gasteiger partial charge is 0.372 e. The van der Waals surface area contributed by atoms with Gasteiger partial charge in [-0.05, 0) is 28.4 Å². The Morgan fingerprint density at radius 1 is 1.58 bits per heavy atom. The van der Waals surface area contributed by atoms with Crippen LogP contribution in [0.2, 0.25) is 0 Å². The van der Waals surface area contributed by atoms with Gasteiger partial charge < -0.3 is 16.0 Å². The first-order valence-corrected chi connectivity index (χ1v) is 6.80. The predicted octanol–water partition coefficient (Wildman–Crippen LogP) is 0.894. The molecule has 6 nitrogen and oxygen atoms in total. The topological polar surface area (TPSA) is 83.1 Å². The maximum Gasteiger partial charge on any atom is 0.255 e. The van der Waals surface area contributed by atoms with Crippen LogP contribution in [0.15, 0.2) is 16.7 Å². The van der Waals surface area contributed by atoms with Crippen LogP contribution in [-0.4, -0.2) is 36.4 Å². The van der Waals surface area contributed by atoms with Crippen molar-refractivity contribution >= 4 is 33.6 Å². The first-order chi connectivity index (χ1) is 9.10. The first-order valence-electron chi connectivity index (χ1n) is 6.01. The van der Waals surface area contributed by atoms with E-state index in [1.807, 2.05) is 0 Å². The number of amides is 2. The third-order valence-electron chi connectivity index (χ3n) is 2.94. The SMILES string of the molecule is CNc1ncc(Br)cc1C(=O)NC1CCC(=O)NC1. The number of anilines is 1. The molecule has 0 aromatic carbocycles. The summed E-state index contributed by atoms with van der Waals surface area (Å²) in [5.41, 5.74) is 0.480. The second-order valence-electron chi connectivity index (χ2n) is 4.31. The molecule has 0 spiro atoms. The second kappa shape index (κ2) is 6.01. The zero-order valence-corrected chi connectivity index (χ0v) is 12.1. The molecule has 2 heterocycles. The number of hydrogen-bond acceptors (Lipinski definition) is 4. The summed E-state index contributed by atoms with van der Waals surface area (Å²) in [5.74, 6) is 0.366. The Labute approximate surface area is 119 Å². The van der Waals surface area contributed by atoms with Gasteiger partial charge in [0.25, 0.3) is 5.91 Å². The molecule has 0 aliphatic carbocycles. The monoisotopic (exact) mass is 326 g/mol. The van der Waals surface area contributed by atoms with E-state index in [0.29, 0.717) is 30.8 Å². The average molecular weight is 327 g/mol. The Bertz CT molecular complexity index is 497. The molecule has 0 radical (unpaired) electrons. The van der Waals surface area contributed by atoms with E-state index in [1.54, 1.807) is 19.3 Å². The number of halogens is 1. The fourth-order valence-electron chi connectivity index (χ4n) is 1.93. The lowest BCUT2D eigenvalue weighted by Crippen LogP contribution is -2.47. The summed E-state index contributed by atoms with van der Waals surface area (Å²) in [7, 11) is 1.72. The number of hydrogen-bond donors (Lipinski definition) is 3. The molecule has 1 fully saturated rings. The van der Waals surface area contributed by atoms with Gasteiger partial charge in [-0.1, -0.05) is 0 Å². The van der Waals surface area contributed by atoms with Crippen molar-refractivity contribution in [2.45, 2.75) is 18.9 Å². The highest BCUT2D eigenvalue weighted by molar-refractivity contribution is 9.10. The van der Waals surface area contributed by atoms with Crippen molar-refractivity contribution in [3.05, 3.63) is 22.3 Å². The molecule has 2 amide bonds. The standard InChI is InChI=1S/C12H15BrN4O2/c1-14-11-9(4-7(13)5-16-11)12(19)17-8-2-3-10(18)15-6-8/h4-5,8H,2-3,6H2,1H3,(H,14,16)(H,15,18)(H,17,19). The highest BCUT2D eigenvalue weighted by Crippen LogP contribution is 2.18. The summed E-state index contributed by atoms with van der Waals surface area (Å²) in [5, 5.41) is 8.52. The van der Waals surface area contributed by atoms with Crippen LogP contribution in [0, 0.1) is 0 Å². The average Bonchev–Trinajstić information content (AvgIpc) is 2.41. The Morgan fingerprint density at radius 3 is 3.00 bits per heavy atom. The molecule has 1 aromatic rings. The van der Waals surface area contributed by atoms with Crippen molar-refractivity contribution in [3.8, 4) is 0 Å². The van der Waals surface area contributed by atoms with Crippen molar-refractivity contribution in [1.29, 1.82) is 0 Å². The van der Waals surface area contributed by atoms with Gasteiger partial charge in [0.2, 0.25) is 5.91 Å². The van der Waals surface area contributed by atoms with Crippen molar-refractivity contribution in [2.75, 3.05) is 18.9 Å². The van der Waals surface area contributed by atoms with Crippen LogP contribution in [0.5, 0.6) is 0 Å². The Morgan fingerprint density at radius 2 is 2.37 bits per heavy atom. The fraction of sp³-hybridized carbons (Fsp3) is 0.417. The van der Waals surface area contributed by atoms with Gasteiger partial charge in [-0.2, -0.15) is 0 Å². The Hall–Kier alpha value is -1.63. The highest BCUT2D eigenvalue weighted by atomic mass is 79.9. The van der Waals surface area contributed by atoms with Gasteiger partial charge in [0, 0.05) is 36.7 Å². The molecule has 1 aliphatic rings. The minimum atomic E-state index is -0.195. The number of nitrogens with one attached hydrogen (secondary N) is 3. The van der Waals surface area contributed by atoms with E-state index in [4.69, 9.17) is 0 Å². The lowest BCUT2D eigenvalue weighted by Gasteiger charge is -2.23. The van der Waals surface area contributed by atoms with E-state index in [2.05, 4.69) is 36.9 Å². The van der Waals surface area contributed by atoms with E-state index >= 15 is 0 Å². The summed E-state index contributed by atoms with van der Waals surface area (Å²) >= 11 is 3.30. The van der Waals surface area contributed by atoms with Crippen molar-refractivity contribution in [2.24, 2.45) is 0 Å². The number of nitrogens with zero attached hydrogens (tertiary/aromatic N) is 1. The molecular weight excluding hydrogens is 312 g/mol. The molecule has 2 rings (SSSR count). The molecule has 1 saturated heterocycles. The molecule has 0 saturated carbocycles. The normalized spacial score (nSPS) is 18.6. The predicted molar refractivity (Wildman–Crippen MR) is 75.0 cm³/mol. The molecule has 102 valence electrons. The van der Waals surface area contributed by atoms with E-state index in [-0.39, 0.29) is 17.9 Å². The Kier molecular flexibility index (Phi) is 4.36. The molecule has 1 atom stereocenters. The smallest absolute Gasteiger partial charge is 0.255 e. The summed E-state index contributed by atoms with van der Waals surface area (Å²) in [6.07, 6.45) is 2.73. The summed E-state index contributed by atoms with van der Waals surface area (Å²) in [4.78, 5) is 27.4. The van der Waals surface area contributed by atoms with E-state index in [0.717, 1.165) is 4.47 Å². The number of rotatable bonds is 3. The van der Waals surface area contributed by atoms with Crippen LogP contribution >= 0.6 is 15.9 Å². The van der Waals surface area contributed by atoms with Gasteiger partial charge in [-0.25, -0.2) is 4.98 Å². The molecule has 1 aliphatic heterocycles. The molecular formula is C12H15BrN4O2. The van der Waals surface area contributed by atoms with Crippen molar-refractivity contribution in [1.82, 2.24) is 15.6 Å². The molecule has 3 N–H and O–H groups in total. The minimum absolute atomic E-state index is 0.0329. The van der Waals surface area contributed by atoms with Crippen molar-refractivity contribution in [3.63, 3.8) is 0 Å². The minimum Gasteiger partial charge on any atom is -0.372 e. The van der Waals surface area contributed by atoms with Crippen LogP contribution in [0.1, 0.15) is 23.2 Å². The molecule has 1 unspecified atom stereocenters. The number of pyridine rings is 1. The lowest BCUT2D eigenvalue weighted by atomic mass is 10.1. The molecule has 1 aromatic heterocycles. The Balaban J connectivity index is 2.07. The van der Waals surface area contributed by atoms with Crippen LogP contribution in [-0.2, 0) is 4.79 Å². The summed E-state index contributed by atoms with van der Waals surface area (Å²) in [6.45, 7) is 0.473. The lowest BCUT2D eigenvalue weighted by molar-refractivity contribution is -0.122. The van der Waals surface area contributed by atoms with E-state index in [1.165, 1.54) is 0 Å². The van der Waals surface area contributed by atoms with Gasteiger partial charge in [-0.3, -0.25) is 9.59 Å². The van der Waals surface area contributed by atoms with E-state index in [9.17, 15) is 9.59 Å². The number of carbonyl (C=O) groups excluding carboxylic acids is 2. The molecule has 7 heteroatoms. The maximum absolute atomic E-state index is 12.2. The van der Waals surface area contributed by atoms with Gasteiger partial charge in [0.05, 0.1) is 5.56 Å². The van der Waals surface area contributed by atoms with Gasteiger partial charge in [-0.15, -0.1) is 0 Å². The zero-order valence-electron chi connectivity index (χ0n) is 10.5. The second-order valence-corrected chi connectivity index (χ2v) is 5.23. The van der Waals surface area contributed by atoms with Gasteiger partial charge in [0.1, 0.15) is 5.82 Å². The number of aromatic nitrogens is 1. The third-order valence-corrected chi connectivity index (χ3v) is 3.37. The first kappa shape index (κ1) is 13.8. The summed E-state index contributed by atoms with van der Waals surface area (Å²) < 4.78 is 0.744. The number of carbonyl (C=O) groups is 2. The number of piperidine rings is 1. The van der Waals surface area contributed by atoms with Crippen LogP contribution in [0.25, 0.3) is 0 Å². The van der Waals surface area contributed by atoms with Gasteiger partial charge >= 0.3 is 0 Å². The van der Waals surface area contributed by atoms with Gasteiger partial charge in [0.15, 0.2) is 0 Å². The fourth-order valence-corrected chi connectivity index (χ4v) is 2.26. The zero-order chi connectivity index (χ0) is 13.8. The van der Waals surface area contributed by atoms with E-state index < -0.39 is 0 Å². The van der Waals surface area contributed by atoms with Crippen LogP contribution < -0.4 is 16.0 Å². The molecule has 19 heavy (non-hydrogen) atoms. The van der Waals surface area contributed by atoms with Crippen LogP contribution in [0.4, 0.5) is 5.82 Å². The quantitative estimate of drug-likeness (QED) is 0.770. The van der Waals surface area contributed by atoms with Crippen molar-refractivity contribution < 1.29 is 9.59 Å².